The number of carbonyl (C=O) groups is 2. The fraction of sp³-hybridized carbons (Fsp3) is 0.705. The summed E-state index contributed by atoms with van der Waals surface area (Å²) in [7, 11) is 0. The molecule has 3 atom stereocenters. The molecule has 0 radical (unpaired) electrons. The van der Waals surface area contributed by atoms with Gasteiger partial charge in [0.2, 0.25) is 5.91 Å². The Kier molecular flexibility index (Phi) is 51.1. The van der Waals surface area contributed by atoms with Gasteiger partial charge in [-0.1, -0.05) is 234 Å². The van der Waals surface area contributed by atoms with E-state index in [1.807, 2.05) is 0 Å². The highest BCUT2D eigenvalue weighted by Crippen LogP contribution is 2.17. The van der Waals surface area contributed by atoms with Crippen LogP contribution < -0.4 is 5.32 Å². The zero-order valence-corrected chi connectivity index (χ0v) is 43.8. The van der Waals surface area contributed by atoms with Crippen molar-refractivity contribution < 1.29 is 24.5 Å². The third kappa shape index (κ3) is 49.0. The summed E-state index contributed by atoms with van der Waals surface area (Å²) in [4.78, 5) is 26.2. The number of allylic oxidation sites excluding steroid dienone is 16. The van der Waals surface area contributed by atoms with Crippen LogP contribution >= 0.6 is 0 Å². The molecule has 0 aromatic heterocycles. The molecule has 0 aromatic carbocycles. The molecule has 0 aliphatic heterocycles. The smallest absolute Gasteiger partial charge is 0.306 e. The van der Waals surface area contributed by atoms with Gasteiger partial charge in [-0.25, -0.2) is 0 Å². The van der Waals surface area contributed by atoms with E-state index < -0.39 is 18.2 Å². The maximum absolute atomic E-state index is 13.2. The fourth-order valence-corrected chi connectivity index (χ4v) is 7.94. The van der Waals surface area contributed by atoms with Crippen molar-refractivity contribution in [3.8, 4) is 0 Å². The summed E-state index contributed by atoms with van der Waals surface area (Å²) >= 11 is 0. The molecule has 6 heteroatoms. The molecule has 3 unspecified atom stereocenters. The molecule has 0 spiro atoms. The number of carbonyl (C=O) groups excluding carboxylic acids is 2. The maximum Gasteiger partial charge on any atom is 0.306 e. The quantitative estimate of drug-likeness (QED) is 0.0321. The number of aliphatic hydroxyl groups is 2. The average Bonchev–Trinajstić information content (AvgIpc) is 3.32. The number of unbranched alkanes of at least 4 members (excludes halogenated alkanes) is 21. The summed E-state index contributed by atoms with van der Waals surface area (Å²) in [6.45, 7) is 6.33. The van der Waals surface area contributed by atoms with E-state index in [9.17, 15) is 19.8 Å². The Labute approximate surface area is 414 Å². The molecule has 0 aliphatic rings. The van der Waals surface area contributed by atoms with Crippen LogP contribution in [0.1, 0.15) is 252 Å². The second-order valence-electron chi connectivity index (χ2n) is 18.6. The number of hydrogen-bond acceptors (Lipinski definition) is 5. The Bertz CT molecular complexity index is 1320. The highest BCUT2D eigenvalue weighted by Gasteiger charge is 2.24. The summed E-state index contributed by atoms with van der Waals surface area (Å²) in [6, 6.07) is -0.732. The monoisotopic (exact) mass is 932 g/mol. The van der Waals surface area contributed by atoms with Crippen LogP contribution in [0.15, 0.2) is 97.2 Å². The molecule has 1 amide bonds. The van der Waals surface area contributed by atoms with Gasteiger partial charge in [0.25, 0.3) is 0 Å². The standard InChI is InChI=1S/C61H105NO5/c1-4-7-10-13-16-19-22-25-28-30-33-36-39-42-45-48-51-54-61(66)67-57(52-49-46-43-40-37-34-31-27-24-21-18-15-12-9-6-3)55-60(65)62-58(56-63)59(64)53-50-47-44-41-38-35-32-29-26-23-20-17-14-11-8-5-2/h7,10,16,18-19,21,25,27-28,31,33,36-37,40,42,45,57-59,63-64H,4-6,8-9,11-15,17,20,22-24,26,29-30,32,34-35,38-39,41,43-44,46-56H2,1-3H3,(H,62,65)/b10-7-,19-16-,21-18-,28-25-,31-27-,36-33-,40-37-,45-42-. The van der Waals surface area contributed by atoms with Crippen molar-refractivity contribution in [3.63, 3.8) is 0 Å². The number of nitrogens with one attached hydrogen (secondary N) is 1. The van der Waals surface area contributed by atoms with Gasteiger partial charge in [0, 0.05) is 6.42 Å². The van der Waals surface area contributed by atoms with E-state index in [1.165, 1.54) is 109 Å². The van der Waals surface area contributed by atoms with Gasteiger partial charge in [0.05, 0.1) is 25.2 Å². The third-order valence-corrected chi connectivity index (χ3v) is 12.1. The molecule has 0 aromatic rings. The molecule has 6 nitrogen and oxygen atoms in total. The Morgan fingerprint density at radius 3 is 1.24 bits per heavy atom. The molecule has 0 fully saturated rings. The van der Waals surface area contributed by atoms with Gasteiger partial charge in [-0.05, 0) is 103 Å². The number of ether oxygens (including phenoxy) is 1. The second kappa shape index (κ2) is 53.7. The molecule has 0 bridgehead atoms. The molecule has 0 saturated carbocycles. The normalized spacial score (nSPS) is 13.9. The van der Waals surface area contributed by atoms with E-state index in [0.29, 0.717) is 25.7 Å². The van der Waals surface area contributed by atoms with Gasteiger partial charge in [-0.2, -0.15) is 0 Å². The molecule has 384 valence electrons. The fourth-order valence-electron chi connectivity index (χ4n) is 7.94. The number of esters is 1. The summed E-state index contributed by atoms with van der Waals surface area (Å²) in [5, 5.41) is 23.8. The molecular weight excluding hydrogens is 827 g/mol. The first-order valence-corrected chi connectivity index (χ1v) is 28.0. The van der Waals surface area contributed by atoms with Crippen molar-refractivity contribution in [2.45, 2.75) is 270 Å². The second-order valence-corrected chi connectivity index (χ2v) is 18.6. The largest absolute Gasteiger partial charge is 0.462 e. The Morgan fingerprint density at radius 1 is 0.448 bits per heavy atom. The van der Waals surface area contributed by atoms with Crippen LogP contribution in [0, 0.1) is 0 Å². The van der Waals surface area contributed by atoms with E-state index in [4.69, 9.17) is 4.74 Å². The third-order valence-electron chi connectivity index (χ3n) is 12.1. The topological polar surface area (TPSA) is 95.9 Å². The lowest BCUT2D eigenvalue weighted by Crippen LogP contribution is -2.46. The zero-order valence-electron chi connectivity index (χ0n) is 43.8. The molecule has 67 heavy (non-hydrogen) atoms. The lowest BCUT2D eigenvalue weighted by molar-refractivity contribution is -0.151. The number of rotatable bonds is 49. The van der Waals surface area contributed by atoms with Crippen LogP contribution in [-0.2, 0) is 14.3 Å². The van der Waals surface area contributed by atoms with Crippen molar-refractivity contribution in [3.05, 3.63) is 97.2 Å². The average molecular weight is 933 g/mol. The molecular formula is C61H105NO5. The molecule has 3 N–H and O–H groups in total. The van der Waals surface area contributed by atoms with Gasteiger partial charge in [-0.3, -0.25) is 9.59 Å². The summed E-state index contributed by atoms with van der Waals surface area (Å²) in [5.74, 6) is -0.584. The van der Waals surface area contributed by atoms with E-state index in [1.54, 1.807) is 0 Å². The van der Waals surface area contributed by atoms with E-state index in [-0.39, 0.29) is 24.9 Å². The minimum atomic E-state index is -0.814. The first-order chi connectivity index (χ1) is 33.0. The van der Waals surface area contributed by atoms with Crippen molar-refractivity contribution in [2.24, 2.45) is 0 Å². The van der Waals surface area contributed by atoms with Crippen molar-refractivity contribution in [1.82, 2.24) is 5.32 Å². The zero-order chi connectivity index (χ0) is 48.8. The van der Waals surface area contributed by atoms with Crippen LogP contribution in [0.4, 0.5) is 0 Å². The van der Waals surface area contributed by atoms with E-state index >= 15 is 0 Å². The van der Waals surface area contributed by atoms with Crippen LogP contribution in [0.25, 0.3) is 0 Å². The van der Waals surface area contributed by atoms with Gasteiger partial charge < -0.3 is 20.3 Å². The Morgan fingerprint density at radius 2 is 0.806 bits per heavy atom. The Balaban J connectivity index is 4.71. The van der Waals surface area contributed by atoms with E-state index in [2.05, 4.69) is 123 Å². The number of amides is 1. The minimum absolute atomic E-state index is 0.0243. The van der Waals surface area contributed by atoms with Crippen molar-refractivity contribution in [1.29, 1.82) is 0 Å². The van der Waals surface area contributed by atoms with Gasteiger partial charge >= 0.3 is 5.97 Å². The SMILES string of the molecule is CC/C=C\C/C=C\C/C=C\C/C=C\C/C=C\CCCC(=O)OC(CCCC/C=C\C/C=C\C/C=C\CCCCC)CC(=O)NC(CO)C(O)CCCCCCCCCCCCCCCCCC. The molecule has 0 rings (SSSR count). The van der Waals surface area contributed by atoms with Crippen LogP contribution in [0.3, 0.4) is 0 Å². The highest BCUT2D eigenvalue weighted by molar-refractivity contribution is 5.77. The maximum atomic E-state index is 13.2. The van der Waals surface area contributed by atoms with Crippen molar-refractivity contribution in [2.75, 3.05) is 6.61 Å². The number of aliphatic hydroxyl groups excluding tert-OH is 2. The molecule has 0 saturated heterocycles. The first kappa shape index (κ1) is 63.8. The van der Waals surface area contributed by atoms with Gasteiger partial charge in [0.1, 0.15) is 6.10 Å². The Hall–Kier alpha value is -3.22. The van der Waals surface area contributed by atoms with Crippen LogP contribution in [0.5, 0.6) is 0 Å². The lowest BCUT2D eigenvalue weighted by atomic mass is 10.0. The minimum Gasteiger partial charge on any atom is -0.462 e. The highest BCUT2D eigenvalue weighted by atomic mass is 16.5. The summed E-state index contributed by atoms with van der Waals surface area (Å²) < 4.78 is 5.90. The van der Waals surface area contributed by atoms with Crippen molar-refractivity contribution >= 4 is 11.9 Å². The summed E-state index contributed by atoms with van der Waals surface area (Å²) in [6.07, 6.45) is 71.9. The van der Waals surface area contributed by atoms with Crippen LogP contribution in [0.2, 0.25) is 0 Å². The van der Waals surface area contributed by atoms with Gasteiger partial charge in [0.15, 0.2) is 0 Å². The van der Waals surface area contributed by atoms with Crippen LogP contribution in [-0.4, -0.2) is 46.9 Å². The summed E-state index contributed by atoms with van der Waals surface area (Å²) in [5.41, 5.74) is 0. The van der Waals surface area contributed by atoms with E-state index in [0.717, 1.165) is 89.9 Å². The predicted octanol–water partition coefficient (Wildman–Crippen LogP) is 17.3. The number of hydrogen-bond donors (Lipinski definition) is 3. The van der Waals surface area contributed by atoms with Gasteiger partial charge in [-0.15, -0.1) is 0 Å². The first-order valence-electron chi connectivity index (χ1n) is 28.0. The molecule has 0 aliphatic carbocycles. The lowest BCUT2D eigenvalue weighted by Gasteiger charge is -2.24. The molecule has 0 heterocycles. The predicted molar refractivity (Wildman–Crippen MR) is 291 cm³/mol.